The summed E-state index contributed by atoms with van der Waals surface area (Å²) in [7, 11) is 0. The predicted octanol–water partition coefficient (Wildman–Crippen LogP) is 2.44. The first-order valence-corrected chi connectivity index (χ1v) is 6.93. The Bertz CT molecular complexity index is 503. The van der Waals surface area contributed by atoms with E-state index in [-0.39, 0.29) is 18.9 Å². The maximum atomic E-state index is 11.9. The second-order valence-corrected chi connectivity index (χ2v) is 5.84. The monoisotopic (exact) mass is 293 g/mol. The Morgan fingerprint density at radius 2 is 1.81 bits per heavy atom. The molecule has 21 heavy (non-hydrogen) atoms. The number of amides is 1. The quantitative estimate of drug-likeness (QED) is 0.809. The predicted molar refractivity (Wildman–Crippen MR) is 80.5 cm³/mol. The molecule has 0 heterocycles. The fourth-order valence-electron chi connectivity index (χ4n) is 2.06. The molecule has 0 aromatic heterocycles. The molecule has 0 aliphatic heterocycles. The van der Waals surface area contributed by atoms with Gasteiger partial charge < -0.3 is 15.2 Å². The molecule has 2 N–H and O–H groups in total. The molecule has 0 fully saturated rings. The molecule has 116 valence electrons. The van der Waals surface area contributed by atoms with E-state index in [9.17, 15) is 9.59 Å². The van der Waals surface area contributed by atoms with Gasteiger partial charge in [-0.25, -0.2) is 0 Å². The Morgan fingerprint density at radius 3 is 2.33 bits per heavy atom. The van der Waals surface area contributed by atoms with Gasteiger partial charge in [-0.1, -0.05) is 18.2 Å². The van der Waals surface area contributed by atoms with Gasteiger partial charge in [0.25, 0.3) is 5.91 Å². The molecule has 0 saturated carbocycles. The summed E-state index contributed by atoms with van der Waals surface area (Å²) in [5.41, 5.74) is 1.39. The van der Waals surface area contributed by atoms with Crippen molar-refractivity contribution in [2.75, 3.05) is 6.61 Å². The smallest absolute Gasteiger partial charge is 0.303 e. The Kier molecular flexibility index (Phi) is 5.76. The van der Waals surface area contributed by atoms with Crippen LogP contribution in [0.4, 0.5) is 0 Å². The van der Waals surface area contributed by atoms with Crippen molar-refractivity contribution >= 4 is 11.9 Å². The van der Waals surface area contributed by atoms with Gasteiger partial charge in [-0.15, -0.1) is 0 Å². The van der Waals surface area contributed by atoms with E-state index in [1.54, 1.807) is 13.8 Å². The highest BCUT2D eigenvalue weighted by Gasteiger charge is 2.21. The summed E-state index contributed by atoms with van der Waals surface area (Å²) in [6, 6.07) is 5.79. The van der Waals surface area contributed by atoms with Crippen molar-refractivity contribution < 1.29 is 19.4 Å². The molecule has 0 unspecified atom stereocenters. The molecule has 1 aromatic rings. The molecule has 1 aromatic carbocycles. The summed E-state index contributed by atoms with van der Waals surface area (Å²) in [5.74, 6) is -0.409. The summed E-state index contributed by atoms with van der Waals surface area (Å²) in [6.07, 6.45) is 0.391. The standard InChI is InChI=1S/C16H23NO4/c1-11-6-5-7-12(2)15(11)21-10-13(18)17-16(3,4)9-8-14(19)20/h5-7H,8-10H2,1-4H3,(H,17,18)(H,19,20). The number of hydrogen-bond acceptors (Lipinski definition) is 3. The lowest BCUT2D eigenvalue weighted by molar-refractivity contribution is -0.138. The zero-order chi connectivity index (χ0) is 16.0. The van der Waals surface area contributed by atoms with Gasteiger partial charge in [0, 0.05) is 12.0 Å². The normalized spacial score (nSPS) is 11.0. The number of aryl methyl sites for hydroxylation is 2. The maximum absolute atomic E-state index is 11.9. The third kappa shape index (κ3) is 5.85. The number of rotatable bonds is 7. The van der Waals surface area contributed by atoms with Crippen LogP contribution in [0.25, 0.3) is 0 Å². The molecule has 0 bridgehead atoms. The molecule has 0 spiro atoms. The van der Waals surface area contributed by atoms with Crippen LogP contribution in [0, 0.1) is 13.8 Å². The van der Waals surface area contributed by atoms with Crippen molar-refractivity contribution in [3.63, 3.8) is 0 Å². The molecule has 0 radical (unpaired) electrons. The van der Waals surface area contributed by atoms with E-state index in [1.807, 2.05) is 32.0 Å². The van der Waals surface area contributed by atoms with Crippen LogP contribution in [0.3, 0.4) is 0 Å². The van der Waals surface area contributed by atoms with Gasteiger partial charge in [0.05, 0.1) is 0 Å². The van der Waals surface area contributed by atoms with Gasteiger partial charge in [-0.3, -0.25) is 9.59 Å². The van der Waals surface area contributed by atoms with Crippen molar-refractivity contribution in [2.24, 2.45) is 0 Å². The molecular formula is C16H23NO4. The van der Waals surface area contributed by atoms with Gasteiger partial charge >= 0.3 is 5.97 Å². The molecule has 1 amide bonds. The van der Waals surface area contributed by atoms with E-state index in [1.165, 1.54) is 0 Å². The zero-order valence-electron chi connectivity index (χ0n) is 13.0. The number of carbonyl (C=O) groups is 2. The van der Waals surface area contributed by atoms with E-state index in [2.05, 4.69) is 5.32 Å². The first kappa shape index (κ1) is 17.0. The number of carboxylic acids is 1. The highest BCUT2D eigenvalue weighted by molar-refractivity contribution is 5.78. The zero-order valence-corrected chi connectivity index (χ0v) is 13.0. The Labute approximate surface area is 125 Å². The number of carbonyl (C=O) groups excluding carboxylic acids is 1. The third-order valence-corrected chi connectivity index (χ3v) is 3.20. The summed E-state index contributed by atoms with van der Waals surface area (Å²) < 4.78 is 5.57. The first-order chi connectivity index (χ1) is 9.71. The molecule has 0 aliphatic carbocycles. The second-order valence-electron chi connectivity index (χ2n) is 5.84. The number of hydrogen-bond donors (Lipinski definition) is 2. The van der Waals surface area contributed by atoms with Crippen LogP contribution in [-0.2, 0) is 9.59 Å². The van der Waals surface area contributed by atoms with E-state index in [0.717, 1.165) is 16.9 Å². The summed E-state index contributed by atoms with van der Waals surface area (Å²) in [4.78, 5) is 22.5. The maximum Gasteiger partial charge on any atom is 0.303 e. The van der Waals surface area contributed by atoms with Crippen molar-refractivity contribution in [1.29, 1.82) is 0 Å². The summed E-state index contributed by atoms with van der Waals surface area (Å²) >= 11 is 0. The number of carboxylic acid groups (broad SMARTS) is 1. The average molecular weight is 293 g/mol. The topological polar surface area (TPSA) is 75.6 Å². The fourth-order valence-corrected chi connectivity index (χ4v) is 2.06. The molecule has 0 aliphatic rings. The fraction of sp³-hybridized carbons (Fsp3) is 0.500. The highest BCUT2D eigenvalue weighted by atomic mass is 16.5. The van der Waals surface area contributed by atoms with Crippen molar-refractivity contribution in [1.82, 2.24) is 5.32 Å². The SMILES string of the molecule is Cc1cccc(C)c1OCC(=O)NC(C)(C)CCC(=O)O. The molecular weight excluding hydrogens is 270 g/mol. The number of para-hydroxylation sites is 1. The van der Waals surface area contributed by atoms with Gasteiger partial charge in [0.15, 0.2) is 6.61 Å². The van der Waals surface area contributed by atoms with Crippen LogP contribution in [0.2, 0.25) is 0 Å². The number of nitrogens with one attached hydrogen (secondary N) is 1. The summed E-state index contributed by atoms with van der Waals surface area (Å²) in [5, 5.41) is 11.5. The molecule has 1 rings (SSSR count). The Hall–Kier alpha value is -2.04. The van der Waals surface area contributed by atoms with Crippen LogP contribution in [0.1, 0.15) is 37.8 Å². The highest BCUT2D eigenvalue weighted by Crippen LogP contribution is 2.22. The molecule has 0 saturated heterocycles. The number of ether oxygens (including phenoxy) is 1. The largest absolute Gasteiger partial charge is 0.483 e. The van der Waals surface area contributed by atoms with Crippen molar-refractivity contribution in [3.05, 3.63) is 29.3 Å². The van der Waals surface area contributed by atoms with Crippen LogP contribution < -0.4 is 10.1 Å². The van der Waals surface area contributed by atoms with Crippen LogP contribution in [0.5, 0.6) is 5.75 Å². The van der Waals surface area contributed by atoms with Crippen molar-refractivity contribution in [3.8, 4) is 5.75 Å². The van der Waals surface area contributed by atoms with Gasteiger partial charge in [-0.2, -0.15) is 0 Å². The second kappa shape index (κ2) is 7.11. The van der Waals surface area contributed by atoms with Crippen LogP contribution >= 0.6 is 0 Å². The van der Waals surface area contributed by atoms with Crippen LogP contribution in [-0.4, -0.2) is 29.1 Å². The molecule has 5 nitrogen and oxygen atoms in total. The lowest BCUT2D eigenvalue weighted by atomic mass is 9.98. The Balaban J connectivity index is 2.52. The average Bonchev–Trinajstić information content (AvgIpc) is 2.35. The van der Waals surface area contributed by atoms with Gasteiger partial charge in [0.1, 0.15) is 5.75 Å². The van der Waals surface area contributed by atoms with Crippen molar-refractivity contribution in [2.45, 2.75) is 46.1 Å². The minimum atomic E-state index is -0.871. The third-order valence-electron chi connectivity index (χ3n) is 3.20. The minimum absolute atomic E-state index is 0.0189. The van der Waals surface area contributed by atoms with E-state index in [0.29, 0.717) is 6.42 Å². The van der Waals surface area contributed by atoms with E-state index in [4.69, 9.17) is 9.84 Å². The molecule has 5 heteroatoms. The van der Waals surface area contributed by atoms with Gasteiger partial charge in [0.2, 0.25) is 0 Å². The minimum Gasteiger partial charge on any atom is -0.483 e. The van der Waals surface area contributed by atoms with E-state index >= 15 is 0 Å². The summed E-state index contributed by atoms with van der Waals surface area (Å²) in [6.45, 7) is 7.37. The number of aliphatic carboxylic acids is 1. The Morgan fingerprint density at radius 1 is 1.24 bits per heavy atom. The number of benzene rings is 1. The lowest BCUT2D eigenvalue weighted by Crippen LogP contribution is -2.45. The van der Waals surface area contributed by atoms with Crippen LogP contribution in [0.15, 0.2) is 18.2 Å². The first-order valence-electron chi connectivity index (χ1n) is 6.93. The lowest BCUT2D eigenvalue weighted by Gasteiger charge is -2.25. The van der Waals surface area contributed by atoms with E-state index < -0.39 is 11.5 Å². The van der Waals surface area contributed by atoms with Gasteiger partial charge in [-0.05, 0) is 45.2 Å². The molecule has 0 atom stereocenters.